The van der Waals surface area contributed by atoms with Crippen LogP contribution in [-0.2, 0) is 21.3 Å². The number of rotatable bonds is 10. The average Bonchev–Trinajstić information content (AvgIpc) is 2.76. The summed E-state index contributed by atoms with van der Waals surface area (Å²) in [5, 5.41) is 6.58. The number of sulfonamides is 1. The van der Waals surface area contributed by atoms with E-state index in [1.54, 1.807) is 29.6 Å². The van der Waals surface area contributed by atoms with Gasteiger partial charge in [-0.05, 0) is 49.8 Å². The lowest BCUT2D eigenvalue weighted by atomic mass is 10.0. The van der Waals surface area contributed by atoms with Crippen molar-refractivity contribution < 1.29 is 13.2 Å². The molecule has 7 nitrogen and oxygen atoms in total. The topological polar surface area (TPSA) is 83.0 Å². The molecule has 0 spiro atoms. The van der Waals surface area contributed by atoms with E-state index in [-0.39, 0.29) is 6.10 Å². The summed E-state index contributed by atoms with van der Waals surface area (Å²) in [4.78, 5) is 4.63. The third kappa shape index (κ3) is 7.25. The molecule has 1 aromatic carbocycles. The zero-order valence-electron chi connectivity index (χ0n) is 18.9. The molecule has 0 saturated carbocycles. The van der Waals surface area contributed by atoms with Crippen molar-refractivity contribution in [2.24, 2.45) is 10.9 Å². The number of benzene rings is 1. The molecule has 0 aromatic heterocycles. The van der Waals surface area contributed by atoms with E-state index < -0.39 is 10.0 Å². The number of guanidine groups is 1. The molecule has 8 heteroatoms. The SMILES string of the molecule is CCOC(CCNC(=NC)NCc1cccc(S(=O)(=O)N2CCCCC2)c1)C(C)C. The quantitative estimate of drug-likeness (QED) is 0.433. The molecular weight excluding hydrogens is 400 g/mol. The van der Waals surface area contributed by atoms with Crippen LogP contribution in [0.15, 0.2) is 34.2 Å². The monoisotopic (exact) mass is 438 g/mol. The normalized spacial score (nSPS) is 17.2. The van der Waals surface area contributed by atoms with Gasteiger partial charge in [-0.3, -0.25) is 4.99 Å². The molecule has 170 valence electrons. The van der Waals surface area contributed by atoms with Crippen molar-refractivity contribution >= 4 is 16.0 Å². The van der Waals surface area contributed by atoms with Crippen LogP contribution >= 0.6 is 0 Å². The summed E-state index contributed by atoms with van der Waals surface area (Å²) >= 11 is 0. The van der Waals surface area contributed by atoms with Crippen LogP contribution < -0.4 is 10.6 Å². The second-order valence-corrected chi connectivity index (χ2v) is 9.93. The fraction of sp³-hybridized carbons (Fsp3) is 0.682. The van der Waals surface area contributed by atoms with Gasteiger partial charge in [0.2, 0.25) is 10.0 Å². The van der Waals surface area contributed by atoms with E-state index in [0.29, 0.717) is 43.0 Å². The summed E-state index contributed by atoms with van der Waals surface area (Å²) in [7, 11) is -1.69. The van der Waals surface area contributed by atoms with Gasteiger partial charge in [-0.25, -0.2) is 8.42 Å². The van der Waals surface area contributed by atoms with E-state index in [1.807, 2.05) is 13.0 Å². The number of nitrogens with one attached hydrogen (secondary N) is 2. The van der Waals surface area contributed by atoms with Gasteiger partial charge in [0.05, 0.1) is 11.0 Å². The molecule has 0 aliphatic carbocycles. The minimum atomic E-state index is -3.42. The molecule has 1 unspecified atom stereocenters. The summed E-state index contributed by atoms with van der Waals surface area (Å²) in [6.45, 7) is 9.54. The fourth-order valence-corrected chi connectivity index (χ4v) is 5.22. The Balaban J connectivity index is 1.91. The number of piperidine rings is 1. The first-order valence-corrected chi connectivity index (χ1v) is 12.5. The largest absolute Gasteiger partial charge is 0.378 e. The predicted molar refractivity (Wildman–Crippen MR) is 122 cm³/mol. The summed E-state index contributed by atoms with van der Waals surface area (Å²) < 4.78 is 33.2. The number of hydrogen-bond acceptors (Lipinski definition) is 4. The maximum Gasteiger partial charge on any atom is 0.243 e. The van der Waals surface area contributed by atoms with Crippen molar-refractivity contribution in [3.8, 4) is 0 Å². The van der Waals surface area contributed by atoms with Crippen molar-refractivity contribution in [1.29, 1.82) is 0 Å². The van der Waals surface area contributed by atoms with E-state index in [1.165, 1.54) is 0 Å². The number of hydrogen-bond donors (Lipinski definition) is 2. The van der Waals surface area contributed by atoms with Gasteiger partial charge in [0.25, 0.3) is 0 Å². The van der Waals surface area contributed by atoms with Crippen LogP contribution in [0.5, 0.6) is 0 Å². The molecule has 1 aromatic rings. The molecule has 30 heavy (non-hydrogen) atoms. The molecule has 2 N–H and O–H groups in total. The maximum atomic E-state index is 12.9. The third-order valence-corrected chi connectivity index (χ3v) is 7.28. The van der Waals surface area contributed by atoms with Crippen molar-refractivity contribution in [2.45, 2.75) is 64.0 Å². The zero-order chi connectivity index (χ0) is 22.0. The van der Waals surface area contributed by atoms with Crippen LogP contribution in [-0.4, -0.2) is 58.1 Å². The summed E-state index contributed by atoms with van der Waals surface area (Å²) in [5.41, 5.74) is 0.908. The Morgan fingerprint density at radius 1 is 1.20 bits per heavy atom. The lowest BCUT2D eigenvalue weighted by Gasteiger charge is -2.26. The molecule has 1 saturated heterocycles. The molecular formula is C22H38N4O3S. The van der Waals surface area contributed by atoms with Crippen LogP contribution in [0, 0.1) is 5.92 Å². The van der Waals surface area contributed by atoms with E-state index in [9.17, 15) is 8.42 Å². The van der Waals surface area contributed by atoms with Gasteiger partial charge < -0.3 is 15.4 Å². The Labute approximate surface area is 182 Å². The highest BCUT2D eigenvalue weighted by Gasteiger charge is 2.25. The molecule has 2 rings (SSSR count). The molecule has 1 aliphatic rings. The predicted octanol–water partition coefficient (Wildman–Crippen LogP) is 2.98. The Morgan fingerprint density at radius 2 is 1.93 bits per heavy atom. The Hall–Kier alpha value is -1.64. The van der Waals surface area contributed by atoms with Crippen LogP contribution in [0.1, 0.15) is 52.0 Å². The molecule has 0 amide bonds. The second kappa shape index (κ2) is 12.3. The Bertz CT molecular complexity index is 774. The summed E-state index contributed by atoms with van der Waals surface area (Å²) in [5.74, 6) is 1.16. The first-order chi connectivity index (χ1) is 14.4. The fourth-order valence-electron chi connectivity index (χ4n) is 3.63. The molecule has 1 heterocycles. The first kappa shape index (κ1) is 24.6. The van der Waals surface area contributed by atoms with Crippen LogP contribution in [0.3, 0.4) is 0 Å². The minimum absolute atomic E-state index is 0.220. The van der Waals surface area contributed by atoms with E-state index >= 15 is 0 Å². The number of aliphatic imine (C=N–C) groups is 1. The van der Waals surface area contributed by atoms with Gasteiger partial charge >= 0.3 is 0 Å². The Morgan fingerprint density at radius 3 is 2.57 bits per heavy atom. The highest BCUT2D eigenvalue weighted by atomic mass is 32.2. The average molecular weight is 439 g/mol. The van der Waals surface area contributed by atoms with Gasteiger partial charge in [0.15, 0.2) is 5.96 Å². The van der Waals surface area contributed by atoms with Crippen LogP contribution in [0.25, 0.3) is 0 Å². The van der Waals surface area contributed by atoms with Gasteiger partial charge in [0, 0.05) is 39.8 Å². The number of nitrogens with zero attached hydrogens (tertiary/aromatic N) is 2. The molecule has 1 fully saturated rings. The minimum Gasteiger partial charge on any atom is -0.378 e. The van der Waals surface area contributed by atoms with E-state index in [2.05, 4.69) is 29.5 Å². The zero-order valence-corrected chi connectivity index (χ0v) is 19.7. The van der Waals surface area contributed by atoms with E-state index in [4.69, 9.17) is 4.74 Å². The molecule has 0 bridgehead atoms. The van der Waals surface area contributed by atoms with Crippen molar-refractivity contribution in [2.75, 3.05) is 33.3 Å². The Kier molecular flexibility index (Phi) is 10.1. The second-order valence-electron chi connectivity index (χ2n) is 7.99. The highest BCUT2D eigenvalue weighted by molar-refractivity contribution is 7.89. The van der Waals surface area contributed by atoms with Gasteiger partial charge in [-0.15, -0.1) is 0 Å². The van der Waals surface area contributed by atoms with Gasteiger partial charge in [0.1, 0.15) is 0 Å². The molecule has 1 atom stereocenters. The smallest absolute Gasteiger partial charge is 0.243 e. The number of ether oxygens (including phenoxy) is 1. The van der Waals surface area contributed by atoms with Crippen molar-refractivity contribution in [3.63, 3.8) is 0 Å². The summed E-state index contributed by atoms with van der Waals surface area (Å²) in [6, 6.07) is 7.17. The lowest BCUT2D eigenvalue weighted by Crippen LogP contribution is -2.39. The molecule has 0 radical (unpaired) electrons. The maximum absolute atomic E-state index is 12.9. The van der Waals surface area contributed by atoms with E-state index in [0.717, 1.165) is 37.8 Å². The van der Waals surface area contributed by atoms with Crippen molar-refractivity contribution in [3.05, 3.63) is 29.8 Å². The highest BCUT2D eigenvalue weighted by Crippen LogP contribution is 2.21. The van der Waals surface area contributed by atoms with Crippen LogP contribution in [0.2, 0.25) is 0 Å². The van der Waals surface area contributed by atoms with Gasteiger partial charge in [-0.1, -0.05) is 32.4 Å². The first-order valence-electron chi connectivity index (χ1n) is 11.0. The van der Waals surface area contributed by atoms with Crippen molar-refractivity contribution in [1.82, 2.24) is 14.9 Å². The summed E-state index contributed by atoms with van der Waals surface area (Å²) in [6.07, 6.45) is 4.09. The third-order valence-electron chi connectivity index (χ3n) is 5.38. The molecule has 1 aliphatic heterocycles. The lowest BCUT2D eigenvalue weighted by molar-refractivity contribution is 0.0258. The standard InChI is InChI=1S/C22H38N4O3S/c1-5-29-21(18(2)3)12-13-24-22(23-4)25-17-19-10-9-11-20(16-19)30(27,28)26-14-7-6-8-15-26/h9-11,16,18,21H,5-8,12-15,17H2,1-4H3,(H2,23,24,25). The van der Waals surface area contributed by atoms with Crippen LogP contribution in [0.4, 0.5) is 0 Å². The van der Waals surface area contributed by atoms with Gasteiger partial charge in [-0.2, -0.15) is 4.31 Å².